The molecule has 0 aromatic carbocycles. The lowest BCUT2D eigenvalue weighted by atomic mass is 9.76. The summed E-state index contributed by atoms with van der Waals surface area (Å²) >= 11 is 0. The summed E-state index contributed by atoms with van der Waals surface area (Å²) in [7, 11) is 0. The molecule has 0 aromatic rings. The minimum absolute atomic E-state index is 0.617. The summed E-state index contributed by atoms with van der Waals surface area (Å²) in [5.41, 5.74) is 0.617. The molecule has 1 N–H and O–H groups in total. The van der Waals surface area contributed by atoms with Crippen molar-refractivity contribution in [3.05, 3.63) is 0 Å². The third kappa shape index (κ3) is 4.55. The summed E-state index contributed by atoms with van der Waals surface area (Å²) < 4.78 is 0. The molecule has 0 bridgehead atoms. The van der Waals surface area contributed by atoms with Crippen molar-refractivity contribution < 1.29 is 0 Å². The largest absolute Gasteiger partial charge is 0.316 e. The van der Waals surface area contributed by atoms with Crippen molar-refractivity contribution in [2.45, 2.75) is 65.7 Å². The van der Waals surface area contributed by atoms with Crippen molar-refractivity contribution in [3.8, 4) is 0 Å². The highest BCUT2D eigenvalue weighted by Crippen LogP contribution is 2.34. The van der Waals surface area contributed by atoms with E-state index in [2.05, 4.69) is 26.1 Å². The molecular formula is C14H29N. The van der Waals surface area contributed by atoms with E-state index < -0.39 is 0 Å². The number of nitrogens with one attached hydrogen (secondary N) is 1. The molecule has 1 aliphatic heterocycles. The summed E-state index contributed by atoms with van der Waals surface area (Å²) in [5, 5.41) is 3.52. The van der Waals surface area contributed by atoms with Gasteiger partial charge in [0.25, 0.3) is 0 Å². The van der Waals surface area contributed by atoms with Crippen LogP contribution in [-0.4, -0.2) is 13.1 Å². The average molecular weight is 211 g/mol. The molecule has 1 fully saturated rings. The molecule has 1 rings (SSSR count). The Balaban J connectivity index is 2.25. The summed E-state index contributed by atoms with van der Waals surface area (Å²) in [6, 6.07) is 0. The Kier molecular flexibility index (Phi) is 5.66. The van der Waals surface area contributed by atoms with Crippen LogP contribution in [0.1, 0.15) is 65.7 Å². The second kappa shape index (κ2) is 6.52. The predicted octanol–water partition coefficient (Wildman–Crippen LogP) is 3.98. The van der Waals surface area contributed by atoms with E-state index in [0.29, 0.717) is 5.41 Å². The molecule has 2 unspecified atom stereocenters. The Bertz CT molecular complexity index is 161. The van der Waals surface area contributed by atoms with Gasteiger partial charge in [-0.3, -0.25) is 0 Å². The molecule has 0 amide bonds. The van der Waals surface area contributed by atoms with Crippen molar-refractivity contribution in [1.82, 2.24) is 5.32 Å². The summed E-state index contributed by atoms with van der Waals surface area (Å²) in [4.78, 5) is 0. The maximum atomic E-state index is 3.52. The summed E-state index contributed by atoms with van der Waals surface area (Å²) in [6.45, 7) is 9.67. The zero-order valence-electron chi connectivity index (χ0n) is 10.9. The van der Waals surface area contributed by atoms with E-state index >= 15 is 0 Å². The first-order valence-electron chi connectivity index (χ1n) is 6.91. The normalized spacial score (nSPS) is 26.2. The summed E-state index contributed by atoms with van der Waals surface area (Å²) in [5.74, 6) is 0.960. The molecule has 1 heterocycles. The van der Waals surface area contributed by atoms with Gasteiger partial charge in [-0.05, 0) is 56.5 Å². The Morgan fingerprint density at radius 3 is 2.60 bits per heavy atom. The molecule has 1 aliphatic rings. The lowest BCUT2D eigenvalue weighted by Gasteiger charge is -2.31. The molecule has 0 aliphatic carbocycles. The third-order valence-electron chi connectivity index (χ3n) is 4.26. The minimum Gasteiger partial charge on any atom is -0.316 e. The Hall–Kier alpha value is -0.0400. The Morgan fingerprint density at radius 1 is 1.27 bits per heavy atom. The van der Waals surface area contributed by atoms with Crippen LogP contribution in [0.2, 0.25) is 0 Å². The zero-order chi connectivity index (χ0) is 11.1. The smallest absolute Gasteiger partial charge is 0.00205 e. The lowest BCUT2D eigenvalue weighted by Crippen LogP contribution is -2.30. The fraction of sp³-hybridized carbons (Fsp3) is 1.00. The van der Waals surface area contributed by atoms with Gasteiger partial charge in [-0.2, -0.15) is 0 Å². The molecule has 1 saturated heterocycles. The number of hydrogen-bond acceptors (Lipinski definition) is 1. The van der Waals surface area contributed by atoms with E-state index in [9.17, 15) is 0 Å². The fourth-order valence-electron chi connectivity index (χ4n) is 2.81. The highest BCUT2D eigenvalue weighted by molar-refractivity contribution is 4.76. The van der Waals surface area contributed by atoms with Gasteiger partial charge in [-0.25, -0.2) is 0 Å². The molecule has 1 nitrogen and oxygen atoms in total. The van der Waals surface area contributed by atoms with E-state index in [1.165, 1.54) is 58.0 Å². The van der Waals surface area contributed by atoms with E-state index in [4.69, 9.17) is 0 Å². The fourth-order valence-corrected chi connectivity index (χ4v) is 2.81. The van der Waals surface area contributed by atoms with E-state index in [0.717, 1.165) is 5.92 Å². The molecule has 2 atom stereocenters. The van der Waals surface area contributed by atoms with Crippen LogP contribution >= 0.6 is 0 Å². The van der Waals surface area contributed by atoms with Gasteiger partial charge >= 0.3 is 0 Å². The van der Waals surface area contributed by atoms with Crippen LogP contribution in [0.5, 0.6) is 0 Å². The molecule has 90 valence electrons. The highest BCUT2D eigenvalue weighted by Gasteiger charge is 2.23. The van der Waals surface area contributed by atoms with Crippen LogP contribution in [0, 0.1) is 11.3 Å². The van der Waals surface area contributed by atoms with E-state index in [1.807, 2.05) is 0 Å². The first-order valence-corrected chi connectivity index (χ1v) is 6.91. The van der Waals surface area contributed by atoms with Crippen LogP contribution in [-0.2, 0) is 0 Å². The maximum Gasteiger partial charge on any atom is -0.00205 e. The van der Waals surface area contributed by atoms with Gasteiger partial charge in [0, 0.05) is 0 Å². The molecule has 0 aromatic heterocycles. The standard InChI is InChI=1S/C14H29N/c1-4-9-14(3,5-2)10-8-13-7-6-11-15-12-13/h13,15H,4-12H2,1-3H3. The van der Waals surface area contributed by atoms with E-state index in [1.54, 1.807) is 0 Å². The molecular weight excluding hydrogens is 182 g/mol. The molecule has 1 heteroatoms. The Morgan fingerprint density at radius 2 is 2.07 bits per heavy atom. The Labute approximate surface area is 96.0 Å². The van der Waals surface area contributed by atoms with Crippen molar-refractivity contribution in [3.63, 3.8) is 0 Å². The molecule has 0 radical (unpaired) electrons. The highest BCUT2D eigenvalue weighted by atomic mass is 14.9. The van der Waals surface area contributed by atoms with Crippen molar-refractivity contribution in [2.24, 2.45) is 11.3 Å². The summed E-state index contributed by atoms with van der Waals surface area (Å²) in [6.07, 6.45) is 9.82. The monoisotopic (exact) mass is 211 g/mol. The molecule has 0 spiro atoms. The lowest BCUT2D eigenvalue weighted by molar-refractivity contribution is 0.219. The number of rotatable bonds is 6. The van der Waals surface area contributed by atoms with Gasteiger partial charge in [0.15, 0.2) is 0 Å². The number of piperidine rings is 1. The van der Waals surface area contributed by atoms with Gasteiger partial charge in [0.2, 0.25) is 0 Å². The SMILES string of the molecule is CCCC(C)(CC)CCC1CCCNC1. The topological polar surface area (TPSA) is 12.0 Å². The third-order valence-corrected chi connectivity index (χ3v) is 4.26. The van der Waals surface area contributed by atoms with Gasteiger partial charge in [-0.1, -0.05) is 33.6 Å². The first kappa shape index (κ1) is 13.0. The van der Waals surface area contributed by atoms with Crippen LogP contribution in [0.15, 0.2) is 0 Å². The van der Waals surface area contributed by atoms with Crippen LogP contribution in [0.3, 0.4) is 0 Å². The number of hydrogen-bond donors (Lipinski definition) is 1. The second-order valence-corrected chi connectivity index (χ2v) is 5.67. The van der Waals surface area contributed by atoms with Crippen molar-refractivity contribution >= 4 is 0 Å². The minimum atomic E-state index is 0.617. The van der Waals surface area contributed by atoms with Crippen LogP contribution < -0.4 is 5.32 Å². The quantitative estimate of drug-likeness (QED) is 0.700. The molecule has 15 heavy (non-hydrogen) atoms. The first-order chi connectivity index (χ1) is 7.20. The van der Waals surface area contributed by atoms with E-state index in [-0.39, 0.29) is 0 Å². The van der Waals surface area contributed by atoms with Gasteiger partial charge in [0.1, 0.15) is 0 Å². The van der Waals surface area contributed by atoms with Gasteiger partial charge in [-0.15, -0.1) is 0 Å². The zero-order valence-corrected chi connectivity index (χ0v) is 10.9. The van der Waals surface area contributed by atoms with Crippen molar-refractivity contribution in [2.75, 3.05) is 13.1 Å². The van der Waals surface area contributed by atoms with Crippen LogP contribution in [0.4, 0.5) is 0 Å². The van der Waals surface area contributed by atoms with Gasteiger partial charge < -0.3 is 5.32 Å². The van der Waals surface area contributed by atoms with Crippen molar-refractivity contribution in [1.29, 1.82) is 0 Å². The maximum absolute atomic E-state index is 3.52. The predicted molar refractivity (Wildman–Crippen MR) is 68.1 cm³/mol. The van der Waals surface area contributed by atoms with Gasteiger partial charge in [0.05, 0.1) is 0 Å². The second-order valence-electron chi connectivity index (χ2n) is 5.67. The molecule has 0 saturated carbocycles. The average Bonchev–Trinajstić information content (AvgIpc) is 2.28. The van der Waals surface area contributed by atoms with Crippen LogP contribution in [0.25, 0.3) is 0 Å².